The Morgan fingerprint density at radius 2 is 1.77 bits per heavy atom. The zero-order chi connectivity index (χ0) is 25.7. The molecule has 4 rings (SSSR count). The maximum absolute atomic E-state index is 11.8. The van der Waals surface area contributed by atoms with Gasteiger partial charge in [0.25, 0.3) is 5.91 Å². The van der Waals surface area contributed by atoms with Crippen molar-refractivity contribution >= 4 is 22.6 Å². The number of nitrogens with two attached hydrogens (primary N) is 1. The van der Waals surface area contributed by atoms with Gasteiger partial charge in [0.2, 0.25) is 5.91 Å². The molecule has 0 aliphatic heterocycles. The fourth-order valence-electron chi connectivity index (χ4n) is 3.48. The van der Waals surface area contributed by atoms with Crippen LogP contribution >= 0.6 is 0 Å². The van der Waals surface area contributed by atoms with Crippen LogP contribution in [0, 0.1) is 13.8 Å². The van der Waals surface area contributed by atoms with Crippen LogP contribution in [0.15, 0.2) is 54.7 Å². The first-order valence-electron chi connectivity index (χ1n) is 10.9. The fourth-order valence-corrected chi connectivity index (χ4v) is 3.48. The summed E-state index contributed by atoms with van der Waals surface area (Å²) in [7, 11) is 3.57. The van der Waals surface area contributed by atoms with Crippen LogP contribution in [0.25, 0.3) is 10.8 Å². The van der Waals surface area contributed by atoms with Crippen molar-refractivity contribution in [2.75, 3.05) is 7.05 Å². The van der Waals surface area contributed by atoms with Crippen molar-refractivity contribution in [1.82, 2.24) is 19.9 Å². The number of carbonyl (C=O) groups excluding carboxylic acids is 2. The van der Waals surface area contributed by atoms with Gasteiger partial charge in [0, 0.05) is 50.1 Å². The third-order valence-electron chi connectivity index (χ3n) is 5.34. The molecule has 0 spiro atoms. The molecule has 0 aliphatic rings. The molecule has 35 heavy (non-hydrogen) atoms. The van der Waals surface area contributed by atoms with E-state index in [2.05, 4.69) is 10.3 Å². The highest BCUT2D eigenvalue weighted by Crippen LogP contribution is 2.38. The summed E-state index contributed by atoms with van der Waals surface area (Å²) in [5.74, 6) is -0.00858. The molecule has 0 atom stereocenters. The summed E-state index contributed by atoms with van der Waals surface area (Å²) in [5, 5.41) is 18.9. The first kappa shape index (κ1) is 25.2. The van der Waals surface area contributed by atoms with Gasteiger partial charge in [0.15, 0.2) is 0 Å². The molecule has 3 aromatic carbocycles. The number of ether oxygens (including phenoxy) is 1. The molecule has 0 fully saturated rings. The summed E-state index contributed by atoms with van der Waals surface area (Å²) in [4.78, 5) is 25.0. The number of amides is 2. The van der Waals surface area contributed by atoms with Gasteiger partial charge in [-0.2, -0.15) is 0 Å². The van der Waals surface area contributed by atoms with Crippen LogP contribution in [0.4, 0.5) is 0 Å². The second-order valence-electron chi connectivity index (χ2n) is 8.30. The molecule has 0 radical (unpaired) electrons. The lowest BCUT2D eigenvalue weighted by Crippen LogP contribution is -2.23. The van der Waals surface area contributed by atoms with E-state index in [4.69, 9.17) is 10.5 Å². The van der Waals surface area contributed by atoms with Crippen LogP contribution in [-0.2, 0) is 18.4 Å². The van der Waals surface area contributed by atoms with Gasteiger partial charge in [-0.25, -0.2) is 0 Å². The van der Waals surface area contributed by atoms with Crippen molar-refractivity contribution < 1.29 is 19.4 Å². The van der Waals surface area contributed by atoms with Crippen molar-refractivity contribution in [3.8, 4) is 17.2 Å². The maximum atomic E-state index is 11.8. The molecule has 0 aliphatic carbocycles. The molecular formula is C26H29N5O4. The molecule has 0 unspecified atom stereocenters. The lowest BCUT2D eigenvalue weighted by atomic mass is 10.0. The Morgan fingerprint density at radius 3 is 2.31 bits per heavy atom. The number of rotatable bonds is 5. The molecule has 0 saturated heterocycles. The van der Waals surface area contributed by atoms with Crippen LogP contribution in [-0.4, -0.2) is 43.9 Å². The van der Waals surface area contributed by atoms with E-state index in [0.717, 1.165) is 16.8 Å². The molecule has 1 heterocycles. The molecule has 0 saturated carbocycles. The van der Waals surface area contributed by atoms with E-state index >= 15 is 0 Å². The second-order valence-corrected chi connectivity index (χ2v) is 8.30. The monoisotopic (exact) mass is 475 g/mol. The third kappa shape index (κ3) is 6.14. The van der Waals surface area contributed by atoms with E-state index in [1.54, 1.807) is 34.8 Å². The van der Waals surface area contributed by atoms with Gasteiger partial charge >= 0.3 is 0 Å². The highest BCUT2D eigenvalue weighted by molar-refractivity contribution is 6.05. The predicted molar refractivity (Wildman–Crippen MR) is 133 cm³/mol. The topological polar surface area (TPSA) is 124 Å². The van der Waals surface area contributed by atoms with Crippen molar-refractivity contribution in [1.29, 1.82) is 0 Å². The Kier molecular flexibility index (Phi) is 7.70. The molecule has 9 heteroatoms. The number of hydrogen-bond donors (Lipinski definition) is 2. The number of aryl methyl sites for hydroxylation is 3. The minimum absolute atomic E-state index is 0.0109. The minimum atomic E-state index is -0.742. The van der Waals surface area contributed by atoms with Crippen molar-refractivity contribution in [2.24, 2.45) is 12.8 Å². The number of benzene rings is 3. The summed E-state index contributed by atoms with van der Waals surface area (Å²) < 4.78 is 7.82. The third-order valence-corrected chi connectivity index (χ3v) is 5.34. The smallest absolute Gasteiger partial charge is 0.252 e. The number of nitrogens with zero attached hydrogens (tertiary/aromatic N) is 4. The quantitative estimate of drug-likeness (QED) is 0.452. The molecule has 2 amide bonds. The summed E-state index contributed by atoms with van der Waals surface area (Å²) in [5.41, 5.74) is 8.23. The fraction of sp³-hybridized carbons (Fsp3) is 0.231. The molecule has 0 bridgehead atoms. The van der Waals surface area contributed by atoms with Gasteiger partial charge in [0.05, 0.1) is 11.3 Å². The van der Waals surface area contributed by atoms with Gasteiger partial charge in [-0.15, -0.1) is 5.10 Å². The van der Waals surface area contributed by atoms with Crippen LogP contribution in [0.3, 0.4) is 0 Å². The highest BCUT2D eigenvalue weighted by atomic mass is 16.5. The molecule has 4 aromatic rings. The second kappa shape index (κ2) is 10.7. The van der Waals surface area contributed by atoms with Crippen LogP contribution < -0.4 is 10.5 Å². The van der Waals surface area contributed by atoms with E-state index in [1.807, 2.05) is 51.4 Å². The van der Waals surface area contributed by atoms with Crippen LogP contribution in [0.5, 0.6) is 17.2 Å². The van der Waals surface area contributed by atoms with E-state index in [-0.39, 0.29) is 17.2 Å². The van der Waals surface area contributed by atoms with Crippen LogP contribution in [0.2, 0.25) is 0 Å². The van der Waals surface area contributed by atoms with Gasteiger partial charge in [-0.1, -0.05) is 47.2 Å². The SMILES string of the molecule is CC(=O)N(C)Cc1cc(C)ccc1Oc1cc(C(N)=O)c(O)c2ccccc12.Cc1cn(C)nn1. The Labute approximate surface area is 203 Å². The van der Waals surface area contributed by atoms with Crippen LogP contribution in [0.1, 0.15) is 34.1 Å². The zero-order valence-corrected chi connectivity index (χ0v) is 20.4. The Hall–Kier alpha value is -4.40. The van der Waals surface area contributed by atoms with Crippen molar-refractivity contribution in [3.05, 3.63) is 77.1 Å². The number of aromatic nitrogens is 3. The van der Waals surface area contributed by atoms with E-state index in [1.165, 1.54) is 13.0 Å². The van der Waals surface area contributed by atoms with Gasteiger partial charge in [-0.3, -0.25) is 14.3 Å². The number of hydrogen-bond acceptors (Lipinski definition) is 6. The lowest BCUT2D eigenvalue weighted by Gasteiger charge is -2.19. The highest BCUT2D eigenvalue weighted by Gasteiger charge is 2.18. The van der Waals surface area contributed by atoms with E-state index < -0.39 is 5.91 Å². The van der Waals surface area contributed by atoms with E-state index in [9.17, 15) is 14.7 Å². The summed E-state index contributed by atoms with van der Waals surface area (Å²) in [6, 6.07) is 14.2. The lowest BCUT2D eigenvalue weighted by molar-refractivity contribution is -0.128. The zero-order valence-electron chi connectivity index (χ0n) is 20.4. The van der Waals surface area contributed by atoms with Crippen molar-refractivity contribution in [3.63, 3.8) is 0 Å². The van der Waals surface area contributed by atoms with Crippen molar-refractivity contribution in [2.45, 2.75) is 27.3 Å². The normalized spacial score (nSPS) is 10.4. The summed E-state index contributed by atoms with van der Waals surface area (Å²) in [6.45, 7) is 5.75. The average Bonchev–Trinajstić information content (AvgIpc) is 3.19. The Balaban J connectivity index is 0.000000420. The molecule has 9 nitrogen and oxygen atoms in total. The number of aromatic hydroxyl groups is 1. The minimum Gasteiger partial charge on any atom is -0.506 e. The average molecular weight is 476 g/mol. The number of fused-ring (bicyclic) bond motifs is 1. The predicted octanol–water partition coefficient (Wildman–Crippen LogP) is 3.85. The van der Waals surface area contributed by atoms with Gasteiger partial charge in [0.1, 0.15) is 17.2 Å². The number of carbonyl (C=O) groups is 2. The first-order chi connectivity index (χ1) is 16.6. The molecule has 1 aromatic heterocycles. The van der Waals surface area contributed by atoms with Gasteiger partial charge in [-0.05, 0) is 26.0 Å². The first-order valence-corrected chi connectivity index (χ1v) is 10.9. The molecular weight excluding hydrogens is 446 g/mol. The Morgan fingerprint density at radius 1 is 1.09 bits per heavy atom. The standard InChI is InChI=1S/C22H22N2O4.C4H7N3/c1-13-8-9-19(15(10-13)12-24(3)14(2)25)28-20-11-18(22(23)27)21(26)17-7-5-4-6-16(17)20;1-4-3-7(2)6-5-4/h4-11,26H,12H2,1-3H3,(H2,23,27);3H,1-2H3. The van der Waals surface area contributed by atoms with E-state index in [0.29, 0.717) is 28.8 Å². The number of phenols is 1. The summed E-state index contributed by atoms with van der Waals surface area (Å²) >= 11 is 0. The number of primary amides is 1. The largest absolute Gasteiger partial charge is 0.506 e. The molecule has 3 N–H and O–H groups in total. The Bertz CT molecular complexity index is 1360. The van der Waals surface area contributed by atoms with Gasteiger partial charge < -0.3 is 20.5 Å². The summed E-state index contributed by atoms with van der Waals surface area (Å²) in [6.07, 6.45) is 1.86. The molecule has 182 valence electrons. The maximum Gasteiger partial charge on any atom is 0.252 e.